The molecule has 4 aromatic heterocycles. The molecule has 4 heterocycles. The Labute approximate surface area is 307 Å². The molecule has 0 saturated heterocycles. The van der Waals surface area contributed by atoms with Crippen molar-refractivity contribution in [1.82, 2.24) is 19.9 Å². The maximum atomic E-state index is 10.9. The van der Waals surface area contributed by atoms with Crippen molar-refractivity contribution in [1.29, 1.82) is 0 Å². The zero-order valence-corrected chi connectivity index (χ0v) is 28.9. The van der Waals surface area contributed by atoms with E-state index >= 15 is 0 Å². The lowest BCUT2D eigenvalue weighted by Crippen LogP contribution is -1.92. The molecule has 0 aliphatic rings. The third-order valence-electron chi connectivity index (χ3n) is 8.18. The highest BCUT2D eigenvalue weighted by molar-refractivity contribution is 6.02. The molecule has 0 bridgehead atoms. The van der Waals surface area contributed by atoms with Crippen LogP contribution in [0.1, 0.15) is 52.7 Å². The number of hydrogen-bond acceptors (Lipinski definition) is 12. The van der Waals surface area contributed by atoms with Gasteiger partial charge in [-0.3, -0.25) is 39.1 Å². The van der Waals surface area contributed by atoms with Crippen molar-refractivity contribution in [2.24, 2.45) is 0 Å². The van der Waals surface area contributed by atoms with Crippen molar-refractivity contribution in [3.05, 3.63) is 143 Å². The molecule has 8 rings (SSSR count). The summed E-state index contributed by atoms with van der Waals surface area (Å²) in [4.78, 5) is 59.2. The molecule has 4 aromatic carbocycles. The van der Waals surface area contributed by atoms with E-state index < -0.39 is 0 Å². The van der Waals surface area contributed by atoms with Gasteiger partial charge in [0.2, 0.25) is 0 Å². The van der Waals surface area contributed by atoms with E-state index in [2.05, 4.69) is 19.9 Å². The molecule has 4 N–H and O–H groups in total. The highest BCUT2D eigenvalue weighted by atomic mass is 16.3. The van der Waals surface area contributed by atoms with Crippen LogP contribution < -0.4 is 0 Å². The van der Waals surface area contributed by atoms with Crippen LogP contribution in [0.2, 0.25) is 0 Å². The minimum Gasteiger partial charge on any atom is -0.507 e. The molecular weight excluding hydrogens is 688 g/mol. The largest absolute Gasteiger partial charge is 0.507 e. The number of carbonyl (C=O) groups excluding carboxylic acids is 4. The van der Waals surface area contributed by atoms with E-state index in [1.54, 1.807) is 67.0 Å². The van der Waals surface area contributed by atoms with Crippen molar-refractivity contribution in [2.75, 3.05) is 0 Å². The highest BCUT2D eigenvalue weighted by Gasteiger charge is 2.10. The molecule has 0 aliphatic heterocycles. The Balaban J connectivity index is 0.000000139. The zero-order chi connectivity index (χ0) is 38.8. The second kappa shape index (κ2) is 17.1. The lowest BCUT2D eigenvalue weighted by atomic mass is 10.0. The second-order valence-corrected chi connectivity index (χ2v) is 11.7. The van der Waals surface area contributed by atoms with Gasteiger partial charge in [-0.2, -0.15) is 0 Å². The Hall–Kier alpha value is -7.60. The minimum atomic E-state index is -0.0753. The number of aldehydes is 4. The van der Waals surface area contributed by atoms with Gasteiger partial charge >= 0.3 is 0 Å². The van der Waals surface area contributed by atoms with E-state index in [1.165, 1.54) is 24.4 Å². The molecule has 0 saturated carbocycles. The molecule has 0 aliphatic carbocycles. The topological polar surface area (TPSA) is 201 Å². The summed E-state index contributed by atoms with van der Waals surface area (Å²) in [7, 11) is 0. The predicted molar refractivity (Wildman–Crippen MR) is 205 cm³/mol. The number of aromatic nitrogens is 4. The van der Waals surface area contributed by atoms with Crippen LogP contribution in [0.4, 0.5) is 0 Å². The number of aryl methyl sites for hydroxylation is 2. The molecule has 0 radical (unpaired) electrons. The number of rotatable bonds is 4. The van der Waals surface area contributed by atoms with Crippen LogP contribution in [0.15, 0.2) is 110 Å². The minimum absolute atomic E-state index is 0.00417. The summed E-state index contributed by atoms with van der Waals surface area (Å²) in [5.41, 5.74) is 5.72. The fourth-order valence-corrected chi connectivity index (χ4v) is 5.67. The lowest BCUT2D eigenvalue weighted by molar-refractivity contribution is 0.111. The third-order valence-corrected chi connectivity index (χ3v) is 8.18. The number of aromatic hydroxyl groups is 4. The summed E-state index contributed by atoms with van der Waals surface area (Å²) in [5, 5.41) is 40.5. The Kier molecular flexibility index (Phi) is 11.9. The van der Waals surface area contributed by atoms with Gasteiger partial charge in [0.1, 0.15) is 23.0 Å². The first-order valence-corrected chi connectivity index (χ1v) is 16.2. The fraction of sp³-hybridized carbons (Fsp3) is 0.0476. The number of benzene rings is 4. The molecule has 0 atom stereocenters. The molecule has 8 aromatic rings. The maximum Gasteiger partial charge on any atom is 0.155 e. The monoisotopic (exact) mass is 720 g/mol. The van der Waals surface area contributed by atoms with Crippen LogP contribution in [0, 0.1) is 13.8 Å². The second-order valence-electron chi connectivity index (χ2n) is 11.7. The van der Waals surface area contributed by atoms with Gasteiger partial charge in [-0.15, -0.1) is 0 Å². The molecule has 12 nitrogen and oxygen atoms in total. The molecule has 0 unspecified atom stereocenters. The normalized spacial score (nSPS) is 10.3. The first-order chi connectivity index (χ1) is 26.1. The van der Waals surface area contributed by atoms with Crippen LogP contribution >= 0.6 is 0 Å². The summed E-state index contributed by atoms with van der Waals surface area (Å²) < 4.78 is 0. The number of phenols is 3. The van der Waals surface area contributed by atoms with E-state index in [0.717, 1.165) is 27.5 Å². The van der Waals surface area contributed by atoms with Crippen molar-refractivity contribution in [3.63, 3.8) is 0 Å². The van der Waals surface area contributed by atoms with Crippen molar-refractivity contribution < 1.29 is 39.6 Å². The zero-order valence-electron chi connectivity index (χ0n) is 28.9. The van der Waals surface area contributed by atoms with Gasteiger partial charge in [-0.05, 0) is 80.1 Å². The predicted octanol–water partition coefficient (Wildman–Crippen LogP) is 7.63. The molecular formula is C42H32N4O8. The Bertz CT molecular complexity index is 2470. The van der Waals surface area contributed by atoms with E-state index in [4.69, 9.17) is 0 Å². The summed E-state index contributed by atoms with van der Waals surface area (Å²) in [6, 6.07) is 25.8. The SMILES string of the molecule is Cc1cc(C)c2c(C=O)c(O)ccc2n1.O=Cc1c(O)ccc2cccnc12.O=Cc1c(O)ccc2ncccc12.O=Cc1c(O)cnc2ccccc12. The van der Waals surface area contributed by atoms with Crippen molar-refractivity contribution >= 4 is 68.8 Å². The van der Waals surface area contributed by atoms with E-state index in [0.29, 0.717) is 69.2 Å². The lowest BCUT2D eigenvalue weighted by Gasteiger charge is -2.07. The van der Waals surface area contributed by atoms with Gasteiger partial charge in [-0.1, -0.05) is 30.3 Å². The molecule has 54 heavy (non-hydrogen) atoms. The van der Waals surface area contributed by atoms with Crippen molar-refractivity contribution in [2.45, 2.75) is 13.8 Å². The average molecular weight is 721 g/mol. The number of hydrogen-bond donors (Lipinski definition) is 4. The first kappa shape index (κ1) is 37.7. The van der Waals surface area contributed by atoms with Gasteiger partial charge in [-0.25, -0.2) is 0 Å². The third kappa shape index (κ3) is 8.13. The fourth-order valence-electron chi connectivity index (χ4n) is 5.67. The molecule has 0 spiro atoms. The summed E-state index contributed by atoms with van der Waals surface area (Å²) in [6.07, 6.45) is 7.08. The maximum absolute atomic E-state index is 10.9. The van der Waals surface area contributed by atoms with Gasteiger partial charge in [0, 0.05) is 39.6 Å². The number of pyridine rings is 4. The highest BCUT2D eigenvalue weighted by Crippen LogP contribution is 2.28. The van der Waals surface area contributed by atoms with E-state index in [1.807, 2.05) is 32.0 Å². The Morgan fingerprint density at radius 2 is 1.04 bits per heavy atom. The summed E-state index contributed by atoms with van der Waals surface area (Å²) >= 11 is 0. The quantitative estimate of drug-likeness (QED) is 0.130. The number of nitrogens with zero attached hydrogens (tertiary/aromatic N) is 4. The molecule has 12 heteroatoms. The van der Waals surface area contributed by atoms with Crippen LogP contribution in [0.5, 0.6) is 23.0 Å². The van der Waals surface area contributed by atoms with Crippen molar-refractivity contribution in [3.8, 4) is 23.0 Å². The number of fused-ring (bicyclic) bond motifs is 4. The van der Waals surface area contributed by atoms with E-state index in [-0.39, 0.29) is 28.6 Å². The Morgan fingerprint density at radius 1 is 0.500 bits per heavy atom. The van der Waals surface area contributed by atoms with Gasteiger partial charge in [0.25, 0.3) is 0 Å². The smallest absolute Gasteiger partial charge is 0.155 e. The van der Waals surface area contributed by atoms with Gasteiger partial charge < -0.3 is 20.4 Å². The van der Waals surface area contributed by atoms with Gasteiger partial charge in [0.05, 0.1) is 50.5 Å². The summed E-state index contributed by atoms with van der Waals surface area (Å²) in [5.74, 6) is -0.100. The number of phenolic OH excluding ortho intramolecular Hbond substituents is 3. The first-order valence-electron chi connectivity index (χ1n) is 16.2. The van der Waals surface area contributed by atoms with Crippen LogP contribution in [-0.4, -0.2) is 65.5 Å². The molecule has 268 valence electrons. The number of carbonyl (C=O) groups is 4. The molecule has 0 fully saturated rings. The van der Waals surface area contributed by atoms with E-state index in [9.17, 15) is 39.6 Å². The average Bonchev–Trinajstić information content (AvgIpc) is 3.19. The number of para-hydroxylation sites is 1. The van der Waals surface area contributed by atoms with Crippen LogP contribution in [0.3, 0.4) is 0 Å². The van der Waals surface area contributed by atoms with Crippen LogP contribution in [-0.2, 0) is 0 Å². The van der Waals surface area contributed by atoms with Crippen LogP contribution in [0.25, 0.3) is 43.6 Å². The standard InChI is InChI=1S/C12H11NO2.3C10H7NO2/c1-7-5-8(2)13-10-3-4-11(15)9(6-14)12(7)10;12-6-8-7-2-1-5-11-9(7)3-4-10(8)13;12-6-8-9(13)4-3-7-2-1-5-11-10(7)8;12-6-8-7-3-1-2-4-9(7)11-5-10(8)13/h3-6,15H,1-2H3;3*1-6,13H. The molecule has 0 amide bonds. The summed E-state index contributed by atoms with van der Waals surface area (Å²) in [6.45, 7) is 3.81. The van der Waals surface area contributed by atoms with Gasteiger partial charge in [0.15, 0.2) is 25.1 Å². The Morgan fingerprint density at radius 3 is 1.74 bits per heavy atom.